The first-order valence-electron chi connectivity index (χ1n) is 13.6. The van der Waals surface area contributed by atoms with Crippen molar-refractivity contribution in [3.05, 3.63) is 48.6 Å². The van der Waals surface area contributed by atoms with Crippen LogP contribution in [0.5, 0.6) is 0 Å². The average Bonchev–Trinajstić information content (AvgIpc) is 3.49. The van der Waals surface area contributed by atoms with Gasteiger partial charge in [-0.15, -0.1) is 18.3 Å². The minimum Gasteiger partial charge on any atom is -0.466 e. The molecule has 2 amide bonds. The summed E-state index contributed by atoms with van der Waals surface area (Å²) < 4.78 is 4.67. The summed E-state index contributed by atoms with van der Waals surface area (Å²) in [5.74, 6) is -2.05. The Kier molecular flexibility index (Phi) is 9.30. The molecule has 4 unspecified atom stereocenters. The Morgan fingerprint density at radius 1 is 1.34 bits per heavy atom. The zero-order valence-corrected chi connectivity index (χ0v) is 24.8. The molecule has 9 heteroatoms. The van der Waals surface area contributed by atoms with Crippen molar-refractivity contribution < 1.29 is 24.2 Å². The molecule has 7 nitrogen and oxygen atoms in total. The van der Waals surface area contributed by atoms with E-state index in [-0.39, 0.29) is 47.1 Å². The van der Waals surface area contributed by atoms with Gasteiger partial charge in [0, 0.05) is 22.7 Å². The predicted molar refractivity (Wildman–Crippen MR) is 153 cm³/mol. The van der Waals surface area contributed by atoms with E-state index in [9.17, 15) is 19.5 Å². The minimum atomic E-state index is -0.797. The van der Waals surface area contributed by atoms with Crippen molar-refractivity contribution >= 4 is 45.5 Å². The van der Waals surface area contributed by atoms with Gasteiger partial charge in [-0.25, -0.2) is 0 Å². The molecular formula is C29H39BrN2O5S. The first kappa shape index (κ1) is 29.2. The Morgan fingerprint density at radius 3 is 2.66 bits per heavy atom. The predicted octanol–water partition coefficient (Wildman–Crippen LogP) is 3.82. The van der Waals surface area contributed by atoms with E-state index in [1.807, 2.05) is 42.2 Å². The monoisotopic (exact) mass is 606 g/mol. The lowest BCUT2D eigenvalue weighted by Gasteiger charge is -2.41. The third-order valence-corrected chi connectivity index (χ3v) is 11.5. The van der Waals surface area contributed by atoms with Crippen LogP contribution in [0.15, 0.2) is 43.0 Å². The normalized spacial score (nSPS) is 31.1. The van der Waals surface area contributed by atoms with Crippen LogP contribution in [-0.4, -0.2) is 85.4 Å². The summed E-state index contributed by atoms with van der Waals surface area (Å²) in [4.78, 5) is 45.6. The SMILES string of the molecule is C=CCN(C(=O)C1N([C@@H](CO)Cc2ccccc2)C(=O)[C@@H]2[C@H](C(=O)OCC)[C@H]3SC12CC3Br)C(C)CCC. The van der Waals surface area contributed by atoms with Gasteiger partial charge in [-0.3, -0.25) is 14.4 Å². The van der Waals surface area contributed by atoms with E-state index < -0.39 is 28.7 Å². The first-order valence-corrected chi connectivity index (χ1v) is 15.4. The van der Waals surface area contributed by atoms with Crippen LogP contribution < -0.4 is 0 Å². The van der Waals surface area contributed by atoms with Gasteiger partial charge in [0.2, 0.25) is 11.8 Å². The number of thioether (sulfide) groups is 1. The van der Waals surface area contributed by atoms with Crippen LogP contribution in [0.1, 0.15) is 45.6 Å². The van der Waals surface area contributed by atoms with Crippen LogP contribution in [0.3, 0.4) is 0 Å². The molecule has 3 aliphatic heterocycles. The molecule has 208 valence electrons. The van der Waals surface area contributed by atoms with Crippen molar-refractivity contribution in [1.29, 1.82) is 0 Å². The molecule has 0 aromatic heterocycles. The maximum absolute atomic E-state index is 14.6. The van der Waals surface area contributed by atoms with Crippen LogP contribution in [0, 0.1) is 11.8 Å². The molecule has 3 fully saturated rings. The summed E-state index contributed by atoms with van der Waals surface area (Å²) in [6.45, 7) is 10.1. The van der Waals surface area contributed by atoms with Crippen molar-refractivity contribution in [2.45, 2.75) is 79.4 Å². The number of amides is 2. The van der Waals surface area contributed by atoms with E-state index in [4.69, 9.17) is 4.74 Å². The number of likely N-dealkylation sites (tertiary alicyclic amines) is 1. The number of aliphatic hydroxyl groups is 1. The van der Waals surface area contributed by atoms with Gasteiger partial charge in [-0.05, 0) is 38.7 Å². The molecule has 0 radical (unpaired) electrons. The van der Waals surface area contributed by atoms with E-state index >= 15 is 0 Å². The summed E-state index contributed by atoms with van der Waals surface area (Å²) in [6.07, 6.45) is 4.47. The number of alkyl halides is 1. The maximum Gasteiger partial charge on any atom is 0.310 e. The fourth-order valence-electron chi connectivity index (χ4n) is 6.74. The second-order valence-electron chi connectivity index (χ2n) is 10.6. The number of hydrogen-bond donors (Lipinski definition) is 1. The van der Waals surface area contributed by atoms with Gasteiger partial charge in [-0.1, -0.05) is 65.7 Å². The molecule has 1 aromatic carbocycles. The van der Waals surface area contributed by atoms with Crippen LogP contribution in [0.2, 0.25) is 0 Å². The van der Waals surface area contributed by atoms with Crippen molar-refractivity contribution in [3.8, 4) is 0 Å². The van der Waals surface area contributed by atoms with E-state index in [1.165, 1.54) is 0 Å². The number of hydrogen-bond acceptors (Lipinski definition) is 6. The Morgan fingerprint density at radius 2 is 2.05 bits per heavy atom. The van der Waals surface area contributed by atoms with Crippen LogP contribution in [-0.2, 0) is 25.5 Å². The molecule has 1 spiro atoms. The van der Waals surface area contributed by atoms with Crippen LogP contribution in [0.4, 0.5) is 0 Å². The average molecular weight is 608 g/mol. The molecule has 38 heavy (non-hydrogen) atoms. The zero-order valence-electron chi connectivity index (χ0n) is 22.4. The van der Waals surface area contributed by atoms with Gasteiger partial charge < -0.3 is 19.6 Å². The number of rotatable bonds is 12. The number of carbonyl (C=O) groups excluding carboxylic acids is 3. The maximum atomic E-state index is 14.6. The van der Waals surface area contributed by atoms with Gasteiger partial charge in [0.1, 0.15) is 6.04 Å². The lowest BCUT2D eigenvalue weighted by molar-refractivity contribution is -0.154. The second kappa shape index (κ2) is 12.1. The van der Waals surface area contributed by atoms with Crippen molar-refractivity contribution in [1.82, 2.24) is 9.80 Å². The van der Waals surface area contributed by atoms with Crippen molar-refractivity contribution in [2.24, 2.45) is 11.8 Å². The lowest BCUT2D eigenvalue weighted by atomic mass is 9.71. The molecule has 4 rings (SSSR count). The van der Waals surface area contributed by atoms with Crippen molar-refractivity contribution in [3.63, 3.8) is 0 Å². The Bertz CT molecular complexity index is 1040. The molecule has 1 N–H and O–H groups in total. The molecule has 8 atom stereocenters. The lowest BCUT2D eigenvalue weighted by Crippen LogP contribution is -2.59. The molecule has 3 aliphatic rings. The van der Waals surface area contributed by atoms with E-state index in [0.29, 0.717) is 19.4 Å². The molecule has 1 aromatic rings. The first-order chi connectivity index (χ1) is 18.2. The Labute approximate surface area is 238 Å². The fraction of sp³-hybridized carbons (Fsp3) is 0.621. The quantitative estimate of drug-likeness (QED) is 0.221. The highest BCUT2D eigenvalue weighted by molar-refractivity contribution is 9.09. The van der Waals surface area contributed by atoms with Gasteiger partial charge in [0.05, 0.1) is 35.8 Å². The summed E-state index contributed by atoms with van der Waals surface area (Å²) >= 11 is 5.38. The molecule has 0 aliphatic carbocycles. The third kappa shape index (κ3) is 4.94. The van der Waals surface area contributed by atoms with Crippen molar-refractivity contribution in [2.75, 3.05) is 19.8 Å². The second-order valence-corrected chi connectivity index (χ2v) is 13.3. The van der Waals surface area contributed by atoms with E-state index in [0.717, 1.165) is 18.4 Å². The zero-order chi connectivity index (χ0) is 27.6. The number of carbonyl (C=O) groups is 3. The number of nitrogens with zero attached hydrogens (tertiary/aromatic N) is 2. The topological polar surface area (TPSA) is 87.2 Å². The highest BCUT2D eigenvalue weighted by atomic mass is 79.9. The highest BCUT2D eigenvalue weighted by Gasteiger charge is 2.76. The smallest absolute Gasteiger partial charge is 0.310 e. The Hall–Kier alpha value is -1.84. The highest BCUT2D eigenvalue weighted by Crippen LogP contribution is 2.68. The summed E-state index contributed by atoms with van der Waals surface area (Å²) in [7, 11) is 0. The van der Waals surface area contributed by atoms with Gasteiger partial charge in [-0.2, -0.15) is 0 Å². The molecule has 2 bridgehead atoms. The molecule has 3 saturated heterocycles. The Balaban J connectivity index is 1.81. The van der Waals surface area contributed by atoms with Gasteiger partial charge >= 0.3 is 5.97 Å². The van der Waals surface area contributed by atoms with Crippen LogP contribution >= 0.6 is 27.7 Å². The van der Waals surface area contributed by atoms with Gasteiger partial charge in [0.25, 0.3) is 0 Å². The standard InChI is InChI=1S/C29H39BrN2O5S/c1-5-11-18(4)31(14-6-2)27(35)25-29-16-21(30)24(38-29)22(28(36)37-7-3)23(29)26(34)32(25)20(17-33)15-19-12-9-8-10-13-19/h6,8-10,12-13,18,20-25,33H,2,5,7,11,14-17H2,1,3-4H3/t18?,20-,21?,22+,23+,24+,25?,29?/m1/s1. The van der Waals surface area contributed by atoms with E-state index in [2.05, 4.69) is 29.4 Å². The van der Waals surface area contributed by atoms with E-state index in [1.54, 1.807) is 29.7 Å². The fourth-order valence-corrected chi connectivity index (χ4v) is 10.3. The largest absolute Gasteiger partial charge is 0.466 e. The number of halogens is 1. The molecular weight excluding hydrogens is 568 g/mol. The summed E-state index contributed by atoms with van der Waals surface area (Å²) in [6, 6.07) is 8.26. The number of ether oxygens (including phenoxy) is 1. The molecule has 3 heterocycles. The number of esters is 1. The molecule has 0 saturated carbocycles. The number of benzene rings is 1. The summed E-state index contributed by atoms with van der Waals surface area (Å²) in [5.41, 5.74) is 0.972. The number of fused-ring (bicyclic) bond motifs is 1. The third-order valence-electron chi connectivity index (χ3n) is 8.29. The van der Waals surface area contributed by atoms with Crippen LogP contribution in [0.25, 0.3) is 0 Å². The van der Waals surface area contributed by atoms with Gasteiger partial charge in [0.15, 0.2) is 0 Å². The summed E-state index contributed by atoms with van der Waals surface area (Å²) in [5, 5.41) is 10.4. The minimum absolute atomic E-state index is 0.0242. The number of aliphatic hydroxyl groups excluding tert-OH is 1.